The van der Waals surface area contributed by atoms with Gasteiger partial charge < -0.3 is 50.0 Å². The Labute approximate surface area is 199 Å². The van der Waals surface area contributed by atoms with E-state index in [1.165, 1.54) is 25.3 Å². The average molecular weight is 484 g/mol. The van der Waals surface area contributed by atoms with Gasteiger partial charge in [-0.1, -0.05) is 6.07 Å². The number of phenolic OH excluding ortho intramolecular Hbond substituents is 4. The predicted octanol–water partition coefficient (Wildman–Crippen LogP) is 2.26. The number of hydrogen-bond acceptors (Lipinski definition) is 10. The molecule has 2 heterocycles. The highest BCUT2D eigenvalue weighted by Crippen LogP contribution is 2.53. The quantitative estimate of drug-likeness (QED) is 0.292. The molecule has 0 amide bonds. The normalized spacial score (nSPS) is 24.7. The Bertz CT molecular complexity index is 1290. The van der Waals surface area contributed by atoms with Crippen LogP contribution in [0.1, 0.15) is 46.5 Å². The number of aliphatic hydroxyl groups is 3. The third kappa shape index (κ3) is 3.63. The van der Waals surface area contributed by atoms with E-state index in [9.17, 15) is 35.7 Å². The van der Waals surface area contributed by atoms with Crippen molar-refractivity contribution in [3.8, 4) is 40.2 Å². The van der Waals surface area contributed by atoms with Crippen LogP contribution < -0.4 is 14.2 Å². The van der Waals surface area contributed by atoms with Crippen molar-refractivity contribution in [1.29, 1.82) is 0 Å². The Hall–Kier alpha value is -3.86. The van der Waals surface area contributed by atoms with Gasteiger partial charge in [-0.3, -0.25) is 0 Å². The molecular weight excluding hydrogens is 460 g/mol. The molecule has 0 fully saturated rings. The number of benzene rings is 3. The highest BCUT2D eigenvalue weighted by molar-refractivity contribution is 5.57. The molecule has 2 aliphatic rings. The Morgan fingerprint density at radius 1 is 0.829 bits per heavy atom. The van der Waals surface area contributed by atoms with Crippen molar-refractivity contribution in [2.45, 2.75) is 30.3 Å². The van der Waals surface area contributed by atoms with E-state index in [1.54, 1.807) is 18.2 Å². The van der Waals surface area contributed by atoms with Gasteiger partial charge >= 0.3 is 0 Å². The van der Waals surface area contributed by atoms with Gasteiger partial charge in [-0.05, 0) is 35.4 Å². The van der Waals surface area contributed by atoms with Crippen LogP contribution in [0, 0.1) is 0 Å². The number of fused-ring (bicyclic) bond motifs is 2. The van der Waals surface area contributed by atoms with Crippen LogP contribution in [0.4, 0.5) is 0 Å². The zero-order chi connectivity index (χ0) is 25.0. The number of ether oxygens (including phenoxy) is 3. The molecule has 0 aromatic heterocycles. The van der Waals surface area contributed by atoms with Crippen molar-refractivity contribution >= 4 is 0 Å². The monoisotopic (exact) mass is 484 g/mol. The van der Waals surface area contributed by atoms with Gasteiger partial charge in [-0.25, -0.2) is 0 Å². The fourth-order valence-electron chi connectivity index (χ4n) is 4.76. The molecule has 0 aliphatic carbocycles. The molecular formula is C25H24O10. The van der Waals surface area contributed by atoms with Crippen LogP contribution in [0.5, 0.6) is 40.2 Å². The predicted molar refractivity (Wildman–Crippen MR) is 120 cm³/mol. The van der Waals surface area contributed by atoms with Gasteiger partial charge in [-0.15, -0.1) is 0 Å². The third-order valence-electron chi connectivity index (χ3n) is 6.48. The van der Waals surface area contributed by atoms with E-state index in [-0.39, 0.29) is 52.2 Å². The summed E-state index contributed by atoms with van der Waals surface area (Å²) in [4.78, 5) is 0. The van der Waals surface area contributed by atoms with E-state index in [4.69, 9.17) is 14.2 Å². The van der Waals surface area contributed by atoms with Gasteiger partial charge in [0.2, 0.25) is 0 Å². The fraction of sp³-hybridized carbons (Fsp3) is 0.280. The van der Waals surface area contributed by atoms with Crippen LogP contribution in [-0.2, 0) is 0 Å². The zero-order valence-corrected chi connectivity index (χ0v) is 18.5. The number of methoxy groups -OCH3 is 1. The summed E-state index contributed by atoms with van der Waals surface area (Å²) in [5.74, 6) is -1.31. The van der Waals surface area contributed by atoms with Gasteiger partial charge in [-0.2, -0.15) is 0 Å². The molecule has 0 unspecified atom stereocenters. The van der Waals surface area contributed by atoms with Crippen molar-refractivity contribution in [1.82, 2.24) is 0 Å². The first kappa shape index (κ1) is 22.9. The summed E-state index contributed by atoms with van der Waals surface area (Å²) in [6.07, 6.45) is -4.91. The van der Waals surface area contributed by atoms with Crippen LogP contribution in [0.15, 0.2) is 42.5 Å². The largest absolute Gasteiger partial charge is 0.508 e. The van der Waals surface area contributed by atoms with E-state index >= 15 is 0 Å². The Morgan fingerprint density at radius 2 is 1.60 bits per heavy atom. The van der Waals surface area contributed by atoms with Crippen molar-refractivity contribution in [2.24, 2.45) is 0 Å². The lowest BCUT2D eigenvalue weighted by atomic mass is 9.87. The molecule has 0 bridgehead atoms. The van der Waals surface area contributed by atoms with E-state index in [0.717, 1.165) is 6.07 Å². The maximum Gasteiger partial charge on any atom is 0.165 e. The SMILES string of the molecule is COc1cc([C@H]2Oc3c(O)cc([C@H]4Oc5cc(O)cc(O)c5[C@@H](O)[C@@H]4O)cc3[C@@H]2CO)ccc1O. The maximum absolute atomic E-state index is 10.8. The minimum Gasteiger partial charge on any atom is -0.508 e. The number of phenols is 4. The molecule has 184 valence electrons. The molecule has 0 spiro atoms. The first-order chi connectivity index (χ1) is 16.7. The topological polar surface area (TPSA) is 169 Å². The summed E-state index contributed by atoms with van der Waals surface area (Å²) in [6, 6.07) is 9.79. The average Bonchev–Trinajstić information content (AvgIpc) is 3.20. The number of aliphatic hydroxyl groups excluding tert-OH is 3. The summed E-state index contributed by atoms with van der Waals surface area (Å²) < 4.78 is 17.0. The molecule has 35 heavy (non-hydrogen) atoms. The molecule has 5 rings (SSSR count). The second-order valence-electron chi connectivity index (χ2n) is 8.57. The van der Waals surface area contributed by atoms with Gasteiger partial charge in [0, 0.05) is 17.7 Å². The Balaban J connectivity index is 1.54. The van der Waals surface area contributed by atoms with Gasteiger partial charge in [0.25, 0.3) is 0 Å². The molecule has 2 aliphatic heterocycles. The van der Waals surface area contributed by atoms with Crippen LogP contribution >= 0.6 is 0 Å². The maximum atomic E-state index is 10.8. The van der Waals surface area contributed by atoms with Crippen molar-refractivity contribution in [3.63, 3.8) is 0 Å². The molecule has 0 radical (unpaired) electrons. The molecule has 0 saturated heterocycles. The van der Waals surface area contributed by atoms with Gasteiger partial charge in [0.1, 0.15) is 35.6 Å². The zero-order valence-electron chi connectivity index (χ0n) is 18.5. The lowest BCUT2D eigenvalue weighted by Gasteiger charge is -2.35. The van der Waals surface area contributed by atoms with Gasteiger partial charge in [0.05, 0.1) is 25.2 Å². The number of rotatable bonds is 4. The van der Waals surface area contributed by atoms with Crippen molar-refractivity contribution in [3.05, 3.63) is 64.7 Å². The lowest BCUT2D eigenvalue weighted by Crippen LogP contribution is -2.34. The van der Waals surface area contributed by atoms with Crippen molar-refractivity contribution in [2.75, 3.05) is 13.7 Å². The summed E-state index contributed by atoms with van der Waals surface area (Å²) in [6.45, 7) is -0.342. The standard InChI is InChI=1S/C25H24O10/c1-33-18-6-10(2-3-15(18)28)23-14(9-26)13-4-11(5-17(30)25(13)35-23)24-22(32)21(31)20-16(29)7-12(27)8-19(20)34-24/h2-8,14,21-24,26-32H,9H2,1H3/t14-,21+,22-,23+,24+/m0/s1. The summed E-state index contributed by atoms with van der Waals surface area (Å²) >= 11 is 0. The lowest BCUT2D eigenvalue weighted by molar-refractivity contribution is -0.0711. The number of aromatic hydroxyl groups is 4. The summed E-state index contributed by atoms with van der Waals surface area (Å²) in [5.41, 5.74) is 1.27. The van der Waals surface area contributed by atoms with Crippen molar-refractivity contribution < 1.29 is 50.0 Å². The molecule has 7 N–H and O–H groups in total. The second kappa shape index (κ2) is 8.42. The van der Waals surface area contributed by atoms with Crippen LogP contribution in [0.2, 0.25) is 0 Å². The van der Waals surface area contributed by atoms with Crippen LogP contribution in [-0.4, -0.2) is 55.6 Å². The van der Waals surface area contributed by atoms with Crippen LogP contribution in [0.3, 0.4) is 0 Å². The Kier molecular flexibility index (Phi) is 5.51. The molecule has 10 nitrogen and oxygen atoms in total. The first-order valence-electron chi connectivity index (χ1n) is 10.8. The molecule has 0 saturated carbocycles. The van der Waals surface area contributed by atoms with E-state index < -0.39 is 36.1 Å². The Morgan fingerprint density at radius 3 is 2.31 bits per heavy atom. The molecule has 3 aromatic carbocycles. The van der Waals surface area contributed by atoms with E-state index in [1.807, 2.05) is 0 Å². The van der Waals surface area contributed by atoms with Crippen LogP contribution in [0.25, 0.3) is 0 Å². The van der Waals surface area contributed by atoms with E-state index in [2.05, 4.69) is 0 Å². The third-order valence-corrected chi connectivity index (χ3v) is 6.48. The van der Waals surface area contributed by atoms with E-state index in [0.29, 0.717) is 11.1 Å². The fourth-order valence-corrected chi connectivity index (χ4v) is 4.76. The minimum absolute atomic E-state index is 0.0192. The first-order valence-corrected chi connectivity index (χ1v) is 10.8. The molecule has 10 heteroatoms. The minimum atomic E-state index is -1.53. The summed E-state index contributed by atoms with van der Waals surface area (Å²) in [7, 11) is 1.41. The molecule has 3 aromatic rings. The van der Waals surface area contributed by atoms with Gasteiger partial charge in [0.15, 0.2) is 29.1 Å². The highest BCUT2D eigenvalue weighted by atomic mass is 16.5. The number of hydrogen-bond donors (Lipinski definition) is 7. The smallest absolute Gasteiger partial charge is 0.165 e. The molecule has 5 atom stereocenters. The second-order valence-corrected chi connectivity index (χ2v) is 8.57. The highest BCUT2D eigenvalue weighted by Gasteiger charge is 2.42. The summed E-state index contributed by atoms with van der Waals surface area (Å²) in [5, 5.41) is 72.1.